The van der Waals surface area contributed by atoms with Gasteiger partial charge in [-0.25, -0.2) is 0 Å². The number of ether oxygens (including phenoxy) is 2. The second kappa shape index (κ2) is 7.53. The van der Waals surface area contributed by atoms with E-state index in [-0.39, 0.29) is 19.1 Å². The number of likely N-dealkylation sites (N-methyl/N-ethyl adjacent to an activating group) is 1. The van der Waals surface area contributed by atoms with Gasteiger partial charge in [-0.3, -0.25) is 9.59 Å². The lowest BCUT2D eigenvalue weighted by Gasteiger charge is -2.17. The highest BCUT2D eigenvalue weighted by molar-refractivity contribution is 5.82. The van der Waals surface area contributed by atoms with Crippen LogP contribution in [0.4, 0.5) is 0 Å². The van der Waals surface area contributed by atoms with Crippen molar-refractivity contribution in [1.82, 2.24) is 4.90 Å². The zero-order valence-electron chi connectivity index (χ0n) is 12.4. The van der Waals surface area contributed by atoms with E-state index in [4.69, 9.17) is 4.74 Å². The molecule has 0 N–H and O–H groups in total. The highest BCUT2D eigenvalue weighted by Crippen LogP contribution is 2.25. The van der Waals surface area contributed by atoms with E-state index in [9.17, 15) is 9.59 Å². The van der Waals surface area contributed by atoms with Gasteiger partial charge in [0.05, 0.1) is 7.11 Å². The van der Waals surface area contributed by atoms with Crippen LogP contribution in [-0.2, 0) is 14.3 Å². The van der Waals surface area contributed by atoms with Crippen molar-refractivity contribution in [2.24, 2.45) is 0 Å². The molecule has 1 aromatic carbocycles. The minimum Gasteiger partial charge on any atom is -0.483 e. The summed E-state index contributed by atoms with van der Waals surface area (Å²) < 4.78 is 10.1. The van der Waals surface area contributed by atoms with E-state index in [2.05, 4.69) is 18.6 Å². The van der Waals surface area contributed by atoms with Crippen LogP contribution in [0.25, 0.3) is 0 Å². The zero-order chi connectivity index (χ0) is 15.1. The molecule has 1 aromatic rings. The van der Waals surface area contributed by atoms with Gasteiger partial charge in [0.15, 0.2) is 6.61 Å². The Morgan fingerprint density at radius 1 is 1.25 bits per heavy atom. The predicted molar refractivity (Wildman–Crippen MR) is 75.7 cm³/mol. The number of methoxy groups -OCH3 is 1. The van der Waals surface area contributed by atoms with Gasteiger partial charge in [-0.05, 0) is 17.5 Å². The van der Waals surface area contributed by atoms with Crippen molar-refractivity contribution >= 4 is 11.9 Å². The first-order valence-electron chi connectivity index (χ1n) is 6.48. The van der Waals surface area contributed by atoms with Crippen LogP contribution < -0.4 is 4.74 Å². The van der Waals surface area contributed by atoms with Crippen molar-refractivity contribution in [2.45, 2.75) is 19.8 Å². The number of benzene rings is 1. The van der Waals surface area contributed by atoms with E-state index in [0.717, 1.165) is 5.56 Å². The molecule has 0 bridgehead atoms. The van der Waals surface area contributed by atoms with E-state index in [0.29, 0.717) is 11.7 Å². The summed E-state index contributed by atoms with van der Waals surface area (Å²) in [5, 5.41) is 0. The van der Waals surface area contributed by atoms with E-state index in [1.165, 1.54) is 19.1 Å². The number of esters is 1. The number of rotatable bonds is 6. The lowest BCUT2D eigenvalue weighted by atomic mass is 10.0. The first kappa shape index (κ1) is 16.0. The molecule has 0 spiro atoms. The fraction of sp³-hybridized carbons (Fsp3) is 0.467. The molecule has 0 saturated heterocycles. The normalized spacial score (nSPS) is 10.2. The summed E-state index contributed by atoms with van der Waals surface area (Å²) in [7, 11) is 2.83. The molecule has 0 atom stereocenters. The first-order valence-corrected chi connectivity index (χ1v) is 6.48. The van der Waals surface area contributed by atoms with Gasteiger partial charge >= 0.3 is 5.97 Å². The first-order chi connectivity index (χ1) is 9.45. The minimum atomic E-state index is -0.455. The predicted octanol–water partition coefficient (Wildman–Crippen LogP) is 1.82. The molecule has 0 radical (unpaired) electrons. The van der Waals surface area contributed by atoms with Crippen molar-refractivity contribution in [3.8, 4) is 5.75 Å². The molecule has 0 aliphatic heterocycles. The van der Waals surface area contributed by atoms with Gasteiger partial charge in [0.25, 0.3) is 5.91 Å². The number of hydrogen-bond acceptors (Lipinski definition) is 4. The quantitative estimate of drug-likeness (QED) is 0.745. The monoisotopic (exact) mass is 279 g/mol. The van der Waals surface area contributed by atoms with Crippen LogP contribution in [0.5, 0.6) is 5.75 Å². The Morgan fingerprint density at radius 2 is 1.90 bits per heavy atom. The summed E-state index contributed by atoms with van der Waals surface area (Å²) in [6, 6.07) is 7.61. The molecule has 0 saturated carbocycles. The maximum Gasteiger partial charge on any atom is 0.325 e. The van der Waals surface area contributed by atoms with Crippen LogP contribution in [0.2, 0.25) is 0 Å². The van der Waals surface area contributed by atoms with Crippen LogP contribution in [0.1, 0.15) is 25.3 Å². The topological polar surface area (TPSA) is 55.8 Å². The molecule has 0 heterocycles. The summed E-state index contributed by atoms with van der Waals surface area (Å²) in [5.41, 5.74) is 1.05. The van der Waals surface area contributed by atoms with Crippen LogP contribution >= 0.6 is 0 Å². The Labute approximate surface area is 119 Å². The van der Waals surface area contributed by atoms with Crippen molar-refractivity contribution < 1.29 is 19.1 Å². The molecule has 5 nitrogen and oxygen atoms in total. The number of hydrogen-bond donors (Lipinski definition) is 0. The van der Waals surface area contributed by atoms with Crippen LogP contribution in [0.3, 0.4) is 0 Å². The van der Waals surface area contributed by atoms with E-state index < -0.39 is 5.97 Å². The summed E-state index contributed by atoms with van der Waals surface area (Å²) in [6.07, 6.45) is 0. The fourth-order valence-electron chi connectivity index (χ4n) is 1.69. The lowest BCUT2D eigenvalue weighted by molar-refractivity contribution is -0.146. The standard InChI is InChI=1S/C15H21NO4/c1-11(2)12-7-5-6-8-13(12)20-10-14(17)16(3)9-15(18)19-4/h5-8,11H,9-10H2,1-4H3. The Balaban J connectivity index is 2.59. The van der Waals surface area contributed by atoms with Crippen molar-refractivity contribution in [1.29, 1.82) is 0 Å². The summed E-state index contributed by atoms with van der Waals surface area (Å²) in [5.74, 6) is 0.286. The second-order valence-electron chi connectivity index (χ2n) is 4.81. The molecular weight excluding hydrogens is 258 g/mol. The van der Waals surface area contributed by atoms with Crippen LogP contribution in [0, 0.1) is 0 Å². The molecule has 5 heteroatoms. The number of carbonyl (C=O) groups excluding carboxylic acids is 2. The van der Waals surface area contributed by atoms with Gasteiger partial charge in [0.1, 0.15) is 12.3 Å². The third-order valence-electron chi connectivity index (χ3n) is 2.91. The van der Waals surface area contributed by atoms with Gasteiger partial charge in [0, 0.05) is 7.05 Å². The lowest BCUT2D eigenvalue weighted by Crippen LogP contribution is -2.36. The molecule has 1 amide bonds. The Hall–Kier alpha value is -2.04. The maximum atomic E-state index is 11.8. The smallest absolute Gasteiger partial charge is 0.325 e. The second-order valence-corrected chi connectivity index (χ2v) is 4.81. The zero-order valence-corrected chi connectivity index (χ0v) is 12.4. The molecule has 0 aromatic heterocycles. The van der Waals surface area contributed by atoms with Crippen molar-refractivity contribution in [3.05, 3.63) is 29.8 Å². The van der Waals surface area contributed by atoms with Crippen LogP contribution in [0.15, 0.2) is 24.3 Å². The summed E-state index contributed by atoms with van der Waals surface area (Å²) >= 11 is 0. The average molecular weight is 279 g/mol. The Kier molecular flexibility index (Phi) is 6.03. The summed E-state index contributed by atoms with van der Waals surface area (Å²) in [4.78, 5) is 24.2. The third-order valence-corrected chi connectivity index (χ3v) is 2.91. The van der Waals surface area contributed by atoms with Gasteiger partial charge in [0.2, 0.25) is 0 Å². The highest BCUT2D eigenvalue weighted by Gasteiger charge is 2.15. The Bertz CT molecular complexity index is 471. The molecule has 0 aliphatic carbocycles. The molecule has 0 aliphatic rings. The third kappa shape index (κ3) is 4.57. The van der Waals surface area contributed by atoms with E-state index in [1.54, 1.807) is 0 Å². The number of para-hydroxylation sites is 1. The van der Waals surface area contributed by atoms with E-state index in [1.807, 2.05) is 24.3 Å². The SMILES string of the molecule is COC(=O)CN(C)C(=O)COc1ccccc1C(C)C. The molecular formula is C15H21NO4. The summed E-state index contributed by atoms with van der Waals surface area (Å²) in [6.45, 7) is 3.95. The number of carbonyl (C=O) groups is 2. The Morgan fingerprint density at radius 3 is 2.50 bits per heavy atom. The fourth-order valence-corrected chi connectivity index (χ4v) is 1.69. The van der Waals surface area contributed by atoms with Gasteiger partial charge < -0.3 is 14.4 Å². The minimum absolute atomic E-state index is 0.0788. The van der Waals surface area contributed by atoms with Crippen LogP contribution in [-0.4, -0.2) is 44.1 Å². The molecule has 20 heavy (non-hydrogen) atoms. The average Bonchev–Trinajstić information content (AvgIpc) is 2.44. The van der Waals surface area contributed by atoms with Gasteiger partial charge in [-0.15, -0.1) is 0 Å². The number of nitrogens with zero attached hydrogens (tertiary/aromatic N) is 1. The number of amides is 1. The molecule has 1 rings (SSSR count). The molecule has 0 unspecified atom stereocenters. The largest absolute Gasteiger partial charge is 0.483 e. The van der Waals surface area contributed by atoms with Gasteiger partial charge in [-0.2, -0.15) is 0 Å². The van der Waals surface area contributed by atoms with Crippen molar-refractivity contribution in [2.75, 3.05) is 27.3 Å². The molecule has 0 fully saturated rings. The van der Waals surface area contributed by atoms with E-state index >= 15 is 0 Å². The van der Waals surface area contributed by atoms with Crippen molar-refractivity contribution in [3.63, 3.8) is 0 Å². The maximum absolute atomic E-state index is 11.8. The molecule has 110 valence electrons. The highest BCUT2D eigenvalue weighted by atomic mass is 16.5. The van der Waals surface area contributed by atoms with Gasteiger partial charge in [-0.1, -0.05) is 32.0 Å².